The molecule has 0 aromatic rings. The summed E-state index contributed by atoms with van der Waals surface area (Å²) in [5.41, 5.74) is 0. The van der Waals surface area contributed by atoms with E-state index < -0.39 is 8.56 Å². The Morgan fingerprint density at radius 2 is 1.44 bits per heavy atom. The van der Waals surface area contributed by atoms with E-state index in [0.717, 1.165) is 6.04 Å². The Hall–Kier alpha value is 0.137. The zero-order valence-electron chi connectivity index (χ0n) is 13.6. The summed E-state index contributed by atoms with van der Waals surface area (Å²) in [5.74, 6) is 0.686. The highest BCUT2D eigenvalue weighted by Gasteiger charge is 2.53. The van der Waals surface area contributed by atoms with Crippen LogP contribution in [0.15, 0.2) is 0 Å². The highest BCUT2D eigenvalue weighted by Crippen LogP contribution is 2.50. The minimum Gasteiger partial charge on any atom is -0.397 e. The predicted molar refractivity (Wildman–Crippen MR) is 82.2 cm³/mol. The Balaban J connectivity index is 5.03. The topological polar surface area (TPSA) is 18.5 Å². The fourth-order valence-electron chi connectivity index (χ4n) is 3.36. The highest BCUT2D eigenvalue weighted by atomic mass is 28.4. The summed E-state index contributed by atoms with van der Waals surface area (Å²) in [7, 11) is 1.59. The van der Waals surface area contributed by atoms with E-state index in [1.165, 1.54) is 32.1 Å². The SMILES string of the molecule is CCCCC[Si](OC)(OC)C(C)(C)C(CC)CC. The highest BCUT2D eigenvalue weighted by molar-refractivity contribution is 6.70. The van der Waals surface area contributed by atoms with E-state index in [1.54, 1.807) is 0 Å². The first kappa shape index (κ1) is 18.1. The average Bonchev–Trinajstić information content (AvgIpc) is 2.36. The monoisotopic (exact) mass is 274 g/mol. The summed E-state index contributed by atoms with van der Waals surface area (Å²) in [4.78, 5) is 0. The maximum Gasteiger partial charge on any atom is 0.343 e. The molecule has 0 aromatic carbocycles. The van der Waals surface area contributed by atoms with E-state index in [1.807, 2.05) is 14.2 Å². The third kappa shape index (κ3) is 3.81. The summed E-state index contributed by atoms with van der Waals surface area (Å²) in [5, 5.41) is 0.174. The second-order valence-corrected chi connectivity index (χ2v) is 9.96. The van der Waals surface area contributed by atoms with Crippen LogP contribution in [0.25, 0.3) is 0 Å². The van der Waals surface area contributed by atoms with Crippen LogP contribution in [0.4, 0.5) is 0 Å². The molecule has 0 fully saturated rings. The molecule has 0 radical (unpaired) electrons. The molecule has 0 saturated carbocycles. The van der Waals surface area contributed by atoms with Gasteiger partial charge >= 0.3 is 8.56 Å². The van der Waals surface area contributed by atoms with Crippen molar-refractivity contribution in [2.24, 2.45) is 5.92 Å². The lowest BCUT2D eigenvalue weighted by Gasteiger charge is -2.46. The molecule has 18 heavy (non-hydrogen) atoms. The molecule has 0 aromatic heterocycles. The van der Waals surface area contributed by atoms with Crippen molar-refractivity contribution in [3.8, 4) is 0 Å². The molecule has 0 rings (SSSR count). The van der Waals surface area contributed by atoms with E-state index >= 15 is 0 Å². The molecular formula is C15H34O2Si. The molecule has 0 aliphatic heterocycles. The van der Waals surface area contributed by atoms with Gasteiger partial charge in [0.25, 0.3) is 0 Å². The number of unbranched alkanes of at least 4 members (excludes halogenated alkanes) is 2. The van der Waals surface area contributed by atoms with Crippen LogP contribution in [-0.2, 0) is 8.85 Å². The smallest absolute Gasteiger partial charge is 0.343 e. The minimum absolute atomic E-state index is 0.174. The Bertz CT molecular complexity index is 209. The van der Waals surface area contributed by atoms with Gasteiger partial charge in [0, 0.05) is 19.3 Å². The molecule has 0 heterocycles. The van der Waals surface area contributed by atoms with Crippen LogP contribution in [0.2, 0.25) is 11.1 Å². The fraction of sp³-hybridized carbons (Fsp3) is 1.00. The second-order valence-electron chi connectivity index (χ2n) is 5.85. The lowest BCUT2D eigenvalue weighted by atomic mass is 9.90. The molecule has 0 N–H and O–H groups in total. The Morgan fingerprint density at radius 3 is 1.78 bits per heavy atom. The Kier molecular flexibility index (Phi) is 8.40. The summed E-state index contributed by atoms with van der Waals surface area (Å²) in [6, 6.07) is 1.12. The molecule has 0 spiro atoms. The van der Waals surface area contributed by atoms with Gasteiger partial charge in [-0.1, -0.05) is 66.7 Å². The average molecular weight is 275 g/mol. The van der Waals surface area contributed by atoms with Gasteiger partial charge < -0.3 is 8.85 Å². The van der Waals surface area contributed by atoms with Gasteiger partial charge in [0.1, 0.15) is 0 Å². The van der Waals surface area contributed by atoms with Gasteiger partial charge in [0.2, 0.25) is 0 Å². The molecule has 0 aliphatic rings. The third-order valence-corrected chi connectivity index (χ3v) is 9.46. The van der Waals surface area contributed by atoms with E-state index in [0.29, 0.717) is 5.92 Å². The summed E-state index contributed by atoms with van der Waals surface area (Å²) < 4.78 is 12.0. The fourth-order valence-corrected chi connectivity index (χ4v) is 7.38. The van der Waals surface area contributed by atoms with Crippen molar-refractivity contribution < 1.29 is 8.85 Å². The maximum absolute atomic E-state index is 6.00. The largest absolute Gasteiger partial charge is 0.397 e. The van der Waals surface area contributed by atoms with E-state index in [9.17, 15) is 0 Å². The van der Waals surface area contributed by atoms with Crippen molar-refractivity contribution in [1.82, 2.24) is 0 Å². The van der Waals surface area contributed by atoms with Crippen LogP contribution >= 0.6 is 0 Å². The van der Waals surface area contributed by atoms with Gasteiger partial charge in [-0.2, -0.15) is 0 Å². The first-order valence-electron chi connectivity index (χ1n) is 7.55. The first-order valence-corrected chi connectivity index (χ1v) is 9.58. The third-order valence-electron chi connectivity index (χ3n) is 4.76. The van der Waals surface area contributed by atoms with Crippen LogP contribution in [-0.4, -0.2) is 22.8 Å². The van der Waals surface area contributed by atoms with Crippen molar-refractivity contribution in [2.75, 3.05) is 14.2 Å². The lowest BCUT2D eigenvalue weighted by Crippen LogP contribution is -2.52. The first-order chi connectivity index (χ1) is 8.45. The normalized spacial score (nSPS) is 13.3. The molecule has 0 saturated heterocycles. The molecule has 0 aliphatic carbocycles. The van der Waals surface area contributed by atoms with E-state index in [-0.39, 0.29) is 5.04 Å². The molecule has 0 unspecified atom stereocenters. The molecule has 3 heteroatoms. The predicted octanol–water partition coefficient (Wildman–Crippen LogP) is 5.13. The minimum atomic E-state index is -2.11. The summed E-state index contributed by atoms with van der Waals surface area (Å²) in [6.45, 7) is 11.5. The number of hydrogen-bond acceptors (Lipinski definition) is 2. The van der Waals surface area contributed by atoms with Crippen LogP contribution in [0.1, 0.15) is 66.7 Å². The van der Waals surface area contributed by atoms with Crippen LogP contribution in [0.5, 0.6) is 0 Å². The standard InChI is InChI=1S/C15H34O2Si/c1-8-11-12-13-18(16-6,17-7)15(4,5)14(9-2)10-3/h14H,8-13H2,1-7H3. The van der Waals surface area contributed by atoms with Crippen molar-refractivity contribution in [3.63, 3.8) is 0 Å². The molecule has 2 nitrogen and oxygen atoms in total. The van der Waals surface area contributed by atoms with Gasteiger partial charge in [-0.3, -0.25) is 0 Å². The van der Waals surface area contributed by atoms with Crippen LogP contribution in [0.3, 0.4) is 0 Å². The van der Waals surface area contributed by atoms with E-state index in [2.05, 4.69) is 34.6 Å². The molecular weight excluding hydrogens is 240 g/mol. The zero-order chi connectivity index (χ0) is 14.2. The van der Waals surface area contributed by atoms with Crippen molar-refractivity contribution in [1.29, 1.82) is 0 Å². The Labute approximate surface area is 116 Å². The zero-order valence-corrected chi connectivity index (χ0v) is 14.6. The van der Waals surface area contributed by atoms with Crippen molar-refractivity contribution >= 4 is 8.56 Å². The maximum atomic E-state index is 6.00. The molecule has 0 bridgehead atoms. The lowest BCUT2D eigenvalue weighted by molar-refractivity contribution is 0.178. The van der Waals surface area contributed by atoms with Gasteiger partial charge in [-0.15, -0.1) is 0 Å². The second kappa shape index (κ2) is 8.34. The van der Waals surface area contributed by atoms with Crippen molar-refractivity contribution in [2.45, 2.75) is 77.8 Å². The van der Waals surface area contributed by atoms with Gasteiger partial charge in [0.15, 0.2) is 0 Å². The number of hydrogen-bond donors (Lipinski definition) is 0. The van der Waals surface area contributed by atoms with E-state index in [4.69, 9.17) is 8.85 Å². The molecule has 0 atom stereocenters. The molecule has 0 amide bonds. The van der Waals surface area contributed by atoms with Gasteiger partial charge in [0.05, 0.1) is 0 Å². The van der Waals surface area contributed by atoms with Crippen LogP contribution in [0, 0.1) is 5.92 Å². The van der Waals surface area contributed by atoms with Crippen LogP contribution < -0.4 is 0 Å². The summed E-state index contributed by atoms with van der Waals surface area (Å²) >= 11 is 0. The van der Waals surface area contributed by atoms with Crippen molar-refractivity contribution in [3.05, 3.63) is 0 Å². The number of rotatable bonds is 10. The summed E-state index contributed by atoms with van der Waals surface area (Å²) in [6.07, 6.45) is 6.18. The quantitative estimate of drug-likeness (QED) is 0.406. The van der Waals surface area contributed by atoms with Gasteiger partial charge in [-0.25, -0.2) is 0 Å². The molecule has 110 valence electrons. The van der Waals surface area contributed by atoms with Gasteiger partial charge in [-0.05, 0) is 12.0 Å². The Morgan fingerprint density at radius 1 is 0.944 bits per heavy atom.